The Labute approximate surface area is 140 Å². The van der Waals surface area contributed by atoms with Crippen LogP contribution in [0.5, 0.6) is 5.75 Å². The molecule has 126 valence electrons. The van der Waals surface area contributed by atoms with Crippen LogP contribution in [0.3, 0.4) is 0 Å². The third-order valence-corrected chi connectivity index (χ3v) is 4.46. The van der Waals surface area contributed by atoms with Gasteiger partial charge in [0.15, 0.2) is 5.78 Å². The molecule has 4 N–H and O–H groups in total. The maximum atomic E-state index is 12.2. The van der Waals surface area contributed by atoms with Crippen LogP contribution in [0.1, 0.15) is 28.8 Å². The highest BCUT2D eigenvalue weighted by molar-refractivity contribution is 7.08. The SMILES string of the molecule is O.O.O=C(c1ccc(OCCN2CCCC2)cc1)c1ccsc1. The lowest BCUT2D eigenvalue weighted by molar-refractivity contribution is 0.103. The number of nitrogens with zero attached hydrogens (tertiary/aromatic N) is 1. The normalized spacial score (nSPS) is 13.9. The molecule has 0 amide bonds. The van der Waals surface area contributed by atoms with Gasteiger partial charge in [-0.3, -0.25) is 9.69 Å². The Balaban J connectivity index is 0.00000132. The number of ketones is 1. The zero-order valence-electron chi connectivity index (χ0n) is 13.0. The van der Waals surface area contributed by atoms with Crippen molar-refractivity contribution in [2.45, 2.75) is 12.8 Å². The first-order chi connectivity index (χ1) is 10.3. The van der Waals surface area contributed by atoms with E-state index >= 15 is 0 Å². The van der Waals surface area contributed by atoms with E-state index in [0.717, 1.165) is 17.9 Å². The molecule has 1 saturated heterocycles. The van der Waals surface area contributed by atoms with Gasteiger partial charge in [-0.2, -0.15) is 11.3 Å². The van der Waals surface area contributed by atoms with Crippen molar-refractivity contribution in [3.05, 3.63) is 52.2 Å². The lowest BCUT2D eigenvalue weighted by atomic mass is 10.1. The number of rotatable bonds is 6. The van der Waals surface area contributed by atoms with Crippen LogP contribution in [0.2, 0.25) is 0 Å². The average Bonchev–Trinajstić information content (AvgIpc) is 3.21. The molecule has 0 spiro atoms. The van der Waals surface area contributed by atoms with E-state index in [1.54, 1.807) is 0 Å². The second-order valence-corrected chi connectivity index (χ2v) is 6.04. The number of hydrogen-bond donors (Lipinski definition) is 0. The third kappa shape index (κ3) is 5.14. The molecular weight excluding hydrogens is 314 g/mol. The molecule has 23 heavy (non-hydrogen) atoms. The van der Waals surface area contributed by atoms with Gasteiger partial charge >= 0.3 is 0 Å². The molecule has 0 atom stereocenters. The quantitative estimate of drug-likeness (QED) is 0.752. The van der Waals surface area contributed by atoms with Crippen LogP contribution >= 0.6 is 11.3 Å². The Morgan fingerprint density at radius 3 is 2.35 bits per heavy atom. The summed E-state index contributed by atoms with van der Waals surface area (Å²) in [7, 11) is 0. The topological polar surface area (TPSA) is 92.5 Å². The van der Waals surface area contributed by atoms with Crippen LogP contribution in [0.4, 0.5) is 0 Å². The van der Waals surface area contributed by atoms with Crippen LogP contribution in [0, 0.1) is 0 Å². The summed E-state index contributed by atoms with van der Waals surface area (Å²) in [5.74, 6) is 0.899. The number of thiophene rings is 1. The lowest BCUT2D eigenvalue weighted by Gasteiger charge is -2.14. The summed E-state index contributed by atoms with van der Waals surface area (Å²) in [4.78, 5) is 14.6. The third-order valence-electron chi connectivity index (χ3n) is 3.77. The van der Waals surface area contributed by atoms with Crippen LogP contribution < -0.4 is 4.74 Å². The first kappa shape index (κ1) is 19.3. The molecule has 1 aliphatic heterocycles. The van der Waals surface area contributed by atoms with Gasteiger partial charge in [0.25, 0.3) is 0 Å². The highest BCUT2D eigenvalue weighted by atomic mass is 32.1. The number of likely N-dealkylation sites (tertiary alicyclic amines) is 1. The van der Waals surface area contributed by atoms with Crippen molar-refractivity contribution in [3.63, 3.8) is 0 Å². The molecule has 0 aliphatic carbocycles. The van der Waals surface area contributed by atoms with E-state index in [4.69, 9.17) is 4.74 Å². The molecule has 1 aliphatic rings. The van der Waals surface area contributed by atoms with Crippen molar-refractivity contribution in [2.75, 3.05) is 26.2 Å². The highest BCUT2D eigenvalue weighted by Crippen LogP contribution is 2.17. The number of hydrogen-bond acceptors (Lipinski definition) is 4. The molecule has 5 nitrogen and oxygen atoms in total. The fourth-order valence-corrected chi connectivity index (χ4v) is 3.20. The molecule has 2 heterocycles. The minimum absolute atomic E-state index is 0. The summed E-state index contributed by atoms with van der Waals surface area (Å²) in [5, 5.41) is 3.80. The van der Waals surface area contributed by atoms with E-state index in [1.807, 2.05) is 41.1 Å². The smallest absolute Gasteiger partial charge is 0.193 e. The van der Waals surface area contributed by atoms with Crippen molar-refractivity contribution in [1.29, 1.82) is 0 Å². The van der Waals surface area contributed by atoms with E-state index in [2.05, 4.69) is 4.90 Å². The maximum Gasteiger partial charge on any atom is 0.193 e. The first-order valence-corrected chi connectivity index (χ1v) is 8.29. The van der Waals surface area contributed by atoms with E-state index in [1.165, 1.54) is 37.3 Å². The molecule has 1 fully saturated rings. The Bertz CT molecular complexity index is 577. The van der Waals surface area contributed by atoms with Crippen molar-refractivity contribution in [3.8, 4) is 5.75 Å². The van der Waals surface area contributed by atoms with Gasteiger partial charge in [0.1, 0.15) is 12.4 Å². The Hall–Kier alpha value is -1.73. The summed E-state index contributed by atoms with van der Waals surface area (Å²) < 4.78 is 5.74. The number of carbonyl (C=O) groups is 1. The minimum Gasteiger partial charge on any atom is -0.492 e. The molecule has 1 aromatic heterocycles. The Kier molecular flexibility index (Phi) is 7.91. The fourth-order valence-electron chi connectivity index (χ4n) is 2.56. The monoisotopic (exact) mass is 337 g/mol. The second-order valence-electron chi connectivity index (χ2n) is 5.26. The van der Waals surface area contributed by atoms with Crippen molar-refractivity contribution >= 4 is 17.1 Å². The molecule has 2 aromatic rings. The lowest BCUT2D eigenvalue weighted by Crippen LogP contribution is -2.25. The van der Waals surface area contributed by atoms with Crippen molar-refractivity contribution < 1.29 is 20.5 Å². The summed E-state index contributed by atoms with van der Waals surface area (Å²) in [6.45, 7) is 4.07. The van der Waals surface area contributed by atoms with Crippen molar-refractivity contribution in [1.82, 2.24) is 4.90 Å². The molecule has 0 unspecified atom stereocenters. The van der Waals surface area contributed by atoms with Gasteiger partial charge < -0.3 is 15.7 Å². The van der Waals surface area contributed by atoms with Gasteiger partial charge in [-0.15, -0.1) is 0 Å². The van der Waals surface area contributed by atoms with Gasteiger partial charge in [-0.05, 0) is 61.6 Å². The van der Waals surface area contributed by atoms with Crippen LogP contribution in [0.25, 0.3) is 0 Å². The molecular formula is C17H23NO4S. The number of carbonyl (C=O) groups excluding carboxylic acids is 1. The predicted molar refractivity (Wildman–Crippen MR) is 92.6 cm³/mol. The average molecular weight is 337 g/mol. The minimum atomic E-state index is 0. The molecule has 1 aromatic carbocycles. The predicted octanol–water partition coefficient (Wildman–Crippen LogP) is 1.80. The van der Waals surface area contributed by atoms with Crippen molar-refractivity contribution in [2.24, 2.45) is 0 Å². The molecule has 6 heteroatoms. The maximum absolute atomic E-state index is 12.2. The number of benzene rings is 1. The highest BCUT2D eigenvalue weighted by Gasteiger charge is 2.11. The summed E-state index contributed by atoms with van der Waals surface area (Å²) >= 11 is 1.54. The number of ether oxygens (including phenoxy) is 1. The Morgan fingerprint density at radius 2 is 1.74 bits per heavy atom. The summed E-state index contributed by atoms with van der Waals surface area (Å²) in [5.41, 5.74) is 1.46. The van der Waals surface area contributed by atoms with Crippen LogP contribution in [0.15, 0.2) is 41.1 Å². The molecule has 0 radical (unpaired) electrons. The molecule has 0 saturated carbocycles. The van der Waals surface area contributed by atoms with Crippen LogP contribution in [-0.2, 0) is 0 Å². The molecule has 3 rings (SSSR count). The van der Waals surface area contributed by atoms with Gasteiger partial charge in [0.05, 0.1) is 0 Å². The largest absolute Gasteiger partial charge is 0.492 e. The molecule has 0 bridgehead atoms. The van der Waals surface area contributed by atoms with E-state index in [9.17, 15) is 4.79 Å². The van der Waals surface area contributed by atoms with Crippen LogP contribution in [-0.4, -0.2) is 47.9 Å². The van der Waals surface area contributed by atoms with Gasteiger partial charge in [0.2, 0.25) is 0 Å². The standard InChI is InChI=1S/C17H19NO2S.2H2O/c19-17(15-7-12-21-13-15)14-3-5-16(6-4-14)20-11-10-18-8-1-2-9-18;;/h3-7,12-13H,1-2,8-11H2;2*1H2. The summed E-state index contributed by atoms with van der Waals surface area (Å²) in [6.07, 6.45) is 2.61. The zero-order valence-corrected chi connectivity index (χ0v) is 13.8. The fraction of sp³-hybridized carbons (Fsp3) is 0.353. The Morgan fingerprint density at radius 1 is 1.04 bits per heavy atom. The van der Waals surface area contributed by atoms with Gasteiger partial charge in [-0.1, -0.05) is 0 Å². The van der Waals surface area contributed by atoms with E-state index in [-0.39, 0.29) is 16.7 Å². The van der Waals surface area contributed by atoms with E-state index in [0.29, 0.717) is 12.2 Å². The second kappa shape index (κ2) is 9.42. The van der Waals surface area contributed by atoms with E-state index < -0.39 is 0 Å². The first-order valence-electron chi connectivity index (χ1n) is 7.35. The van der Waals surface area contributed by atoms with Gasteiger partial charge in [-0.25, -0.2) is 0 Å². The van der Waals surface area contributed by atoms with Gasteiger partial charge in [0, 0.05) is 23.1 Å². The summed E-state index contributed by atoms with van der Waals surface area (Å²) in [6, 6.07) is 9.29. The zero-order chi connectivity index (χ0) is 14.5.